The Morgan fingerprint density at radius 3 is 2.42 bits per heavy atom. The van der Waals surface area contributed by atoms with Crippen molar-refractivity contribution in [2.24, 2.45) is 0 Å². The summed E-state index contributed by atoms with van der Waals surface area (Å²) in [5.74, 6) is 0. The molecule has 0 saturated heterocycles. The van der Waals surface area contributed by atoms with Crippen LogP contribution in [0.3, 0.4) is 0 Å². The van der Waals surface area contributed by atoms with E-state index in [1.165, 1.54) is 23.3 Å². The van der Waals surface area contributed by atoms with E-state index in [0.717, 1.165) is 0 Å². The molecule has 0 fully saturated rings. The number of hydrogen-bond donors (Lipinski definition) is 0. The molecule has 0 N–H and O–H groups in total. The van der Waals surface area contributed by atoms with Gasteiger partial charge in [0, 0.05) is 4.88 Å². The number of aryl methyl sites for hydroxylation is 1. The molecule has 1 rings (SSSR count). The summed E-state index contributed by atoms with van der Waals surface area (Å²) in [5, 5.41) is 2.30. The molecule has 12 heavy (non-hydrogen) atoms. The van der Waals surface area contributed by atoms with Crippen molar-refractivity contribution >= 4 is 11.3 Å². The molecule has 0 radical (unpaired) electrons. The van der Waals surface area contributed by atoms with Crippen LogP contribution in [0.4, 0.5) is 0 Å². The van der Waals surface area contributed by atoms with Crippen molar-refractivity contribution in [3.05, 3.63) is 21.9 Å². The van der Waals surface area contributed by atoms with Crippen molar-refractivity contribution in [1.29, 1.82) is 0 Å². The Bertz CT molecular complexity index is 240. The van der Waals surface area contributed by atoms with Crippen LogP contribution in [0.2, 0.25) is 0 Å². The van der Waals surface area contributed by atoms with Gasteiger partial charge in [0.1, 0.15) is 0 Å². The molecular weight excluding hydrogens is 164 g/mol. The molecule has 0 nitrogen and oxygen atoms in total. The van der Waals surface area contributed by atoms with Crippen LogP contribution in [0.5, 0.6) is 0 Å². The third kappa shape index (κ3) is 2.34. The Labute approximate surface area is 79.6 Å². The van der Waals surface area contributed by atoms with Crippen molar-refractivity contribution in [3.8, 4) is 0 Å². The van der Waals surface area contributed by atoms with Gasteiger partial charge in [-0.25, -0.2) is 0 Å². The number of thiophene rings is 1. The third-order valence-corrected chi connectivity index (χ3v) is 3.34. The van der Waals surface area contributed by atoms with Crippen molar-refractivity contribution in [2.45, 2.75) is 46.0 Å². The standard InChI is InChI=1S/C11H18S/c1-5-6-9-7-10(12-8-9)11(2,3)4/h7-8H,5-6H2,1-4H3. The van der Waals surface area contributed by atoms with Gasteiger partial charge in [-0.3, -0.25) is 0 Å². The van der Waals surface area contributed by atoms with Crippen molar-refractivity contribution in [1.82, 2.24) is 0 Å². The highest BCUT2D eigenvalue weighted by molar-refractivity contribution is 7.10. The van der Waals surface area contributed by atoms with Gasteiger partial charge in [0.2, 0.25) is 0 Å². The third-order valence-electron chi connectivity index (χ3n) is 1.93. The van der Waals surface area contributed by atoms with Gasteiger partial charge >= 0.3 is 0 Å². The highest BCUT2D eigenvalue weighted by Crippen LogP contribution is 2.28. The van der Waals surface area contributed by atoms with Crippen LogP contribution >= 0.6 is 11.3 Å². The van der Waals surface area contributed by atoms with Gasteiger partial charge in [0.05, 0.1) is 0 Å². The largest absolute Gasteiger partial charge is 0.148 e. The Balaban J connectivity index is 2.77. The minimum atomic E-state index is 0.330. The van der Waals surface area contributed by atoms with Crippen molar-refractivity contribution < 1.29 is 0 Å². The van der Waals surface area contributed by atoms with E-state index in [-0.39, 0.29) is 0 Å². The second-order valence-electron chi connectivity index (χ2n) is 4.32. The normalized spacial score (nSPS) is 12.0. The smallest absolute Gasteiger partial charge is 0.0102 e. The van der Waals surface area contributed by atoms with Crippen LogP contribution in [-0.2, 0) is 11.8 Å². The Kier molecular flexibility index (Phi) is 2.94. The second kappa shape index (κ2) is 3.61. The van der Waals surface area contributed by atoms with E-state index in [1.807, 2.05) is 11.3 Å². The lowest BCUT2D eigenvalue weighted by Gasteiger charge is -2.15. The van der Waals surface area contributed by atoms with Gasteiger partial charge in [0.25, 0.3) is 0 Å². The fourth-order valence-electron chi connectivity index (χ4n) is 1.19. The first-order valence-electron chi connectivity index (χ1n) is 4.62. The van der Waals surface area contributed by atoms with Crippen LogP contribution in [-0.4, -0.2) is 0 Å². The van der Waals surface area contributed by atoms with Gasteiger partial charge in [0.15, 0.2) is 0 Å². The van der Waals surface area contributed by atoms with Gasteiger partial charge in [-0.05, 0) is 28.8 Å². The first-order valence-corrected chi connectivity index (χ1v) is 5.50. The van der Waals surface area contributed by atoms with Crippen LogP contribution in [0, 0.1) is 0 Å². The van der Waals surface area contributed by atoms with E-state index in [1.54, 1.807) is 0 Å². The van der Waals surface area contributed by atoms with Crippen molar-refractivity contribution in [3.63, 3.8) is 0 Å². The average Bonchev–Trinajstić information content (AvgIpc) is 2.35. The molecule has 1 heteroatoms. The minimum absolute atomic E-state index is 0.330. The second-order valence-corrected chi connectivity index (χ2v) is 5.23. The SMILES string of the molecule is CCCc1csc(C(C)(C)C)c1. The lowest BCUT2D eigenvalue weighted by Crippen LogP contribution is -2.07. The van der Waals surface area contributed by atoms with E-state index in [4.69, 9.17) is 0 Å². The van der Waals surface area contributed by atoms with Crippen LogP contribution in [0.25, 0.3) is 0 Å². The minimum Gasteiger partial charge on any atom is -0.148 e. The summed E-state index contributed by atoms with van der Waals surface area (Å²) in [6, 6.07) is 2.36. The molecule has 1 aromatic heterocycles. The number of rotatable bonds is 2. The zero-order valence-electron chi connectivity index (χ0n) is 8.48. The average molecular weight is 182 g/mol. The molecule has 68 valence electrons. The Hall–Kier alpha value is -0.300. The van der Waals surface area contributed by atoms with E-state index in [9.17, 15) is 0 Å². The molecular formula is C11H18S. The lowest BCUT2D eigenvalue weighted by molar-refractivity contribution is 0.603. The molecule has 0 amide bonds. The van der Waals surface area contributed by atoms with Gasteiger partial charge < -0.3 is 0 Å². The summed E-state index contributed by atoms with van der Waals surface area (Å²) in [4.78, 5) is 1.51. The topological polar surface area (TPSA) is 0 Å². The lowest BCUT2D eigenvalue weighted by atomic mass is 9.94. The summed E-state index contributed by atoms with van der Waals surface area (Å²) in [7, 11) is 0. The molecule has 0 aromatic carbocycles. The number of hydrogen-bond acceptors (Lipinski definition) is 1. The fourth-order valence-corrected chi connectivity index (χ4v) is 2.23. The maximum absolute atomic E-state index is 2.36. The van der Waals surface area contributed by atoms with E-state index < -0.39 is 0 Å². The van der Waals surface area contributed by atoms with Crippen molar-refractivity contribution in [2.75, 3.05) is 0 Å². The van der Waals surface area contributed by atoms with E-state index >= 15 is 0 Å². The maximum atomic E-state index is 2.36. The molecule has 0 unspecified atom stereocenters. The molecule has 0 aliphatic rings. The Morgan fingerprint density at radius 2 is 2.00 bits per heavy atom. The molecule has 1 aromatic rings. The highest BCUT2D eigenvalue weighted by atomic mass is 32.1. The zero-order valence-corrected chi connectivity index (χ0v) is 9.29. The van der Waals surface area contributed by atoms with Crippen LogP contribution < -0.4 is 0 Å². The summed E-state index contributed by atoms with van der Waals surface area (Å²) in [5.41, 5.74) is 1.84. The first kappa shape index (κ1) is 9.79. The molecule has 0 aliphatic heterocycles. The molecule has 0 saturated carbocycles. The quantitative estimate of drug-likeness (QED) is 0.648. The Morgan fingerprint density at radius 1 is 1.33 bits per heavy atom. The summed E-state index contributed by atoms with van der Waals surface area (Å²) >= 11 is 1.90. The fraction of sp³-hybridized carbons (Fsp3) is 0.636. The van der Waals surface area contributed by atoms with E-state index in [0.29, 0.717) is 5.41 Å². The molecule has 0 spiro atoms. The first-order chi connectivity index (χ1) is 5.54. The highest BCUT2D eigenvalue weighted by Gasteiger charge is 2.15. The van der Waals surface area contributed by atoms with Crippen LogP contribution in [0.15, 0.2) is 11.4 Å². The van der Waals surface area contributed by atoms with Gasteiger partial charge in [-0.2, -0.15) is 0 Å². The molecule has 0 bridgehead atoms. The zero-order chi connectivity index (χ0) is 9.19. The monoisotopic (exact) mass is 182 g/mol. The molecule has 0 aliphatic carbocycles. The summed E-state index contributed by atoms with van der Waals surface area (Å²) in [6.45, 7) is 9.05. The summed E-state index contributed by atoms with van der Waals surface area (Å²) in [6.07, 6.45) is 2.48. The van der Waals surface area contributed by atoms with Gasteiger partial charge in [-0.1, -0.05) is 34.1 Å². The maximum Gasteiger partial charge on any atom is 0.0102 e. The van der Waals surface area contributed by atoms with Gasteiger partial charge in [-0.15, -0.1) is 11.3 Å². The molecule has 0 atom stereocenters. The summed E-state index contributed by atoms with van der Waals surface area (Å²) < 4.78 is 0. The van der Waals surface area contributed by atoms with Crippen LogP contribution in [0.1, 0.15) is 44.6 Å². The van der Waals surface area contributed by atoms with E-state index in [2.05, 4.69) is 39.1 Å². The molecule has 1 heterocycles. The predicted molar refractivity (Wildman–Crippen MR) is 57.0 cm³/mol. The predicted octanol–water partition coefficient (Wildman–Crippen LogP) is 4.00.